The smallest absolute Gasteiger partial charge is 0.221 e. The van der Waals surface area contributed by atoms with Crippen molar-refractivity contribution in [2.45, 2.75) is 58.5 Å². The van der Waals surface area contributed by atoms with Gasteiger partial charge in [0, 0.05) is 18.3 Å². The molecule has 1 rings (SSSR count). The predicted molar refractivity (Wildman–Crippen MR) is 86.9 cm³/mol. The van der Waals surface area contributed by atoms with Crippen LogP contribution in [0.3, 0.4) is 0 Å². The highest BCUT2D eigenvalue weighted by Gasteiger charge is 2.31. The fourth-order valence-corrected chi connectivity index (χ4v) is 1.80. The molecule has 7 heteroatoms. The summed E-state index contributed by atoms with van der Waals surface area (Å²) in [5.41, 5.74) is -0.893. The van der Waals surface area contributed by atoms with Crippen LogP contribution in [-0.4, -0.2) is 45.1 Å². The SMILES string of the molecule is CC(=O)C(C)(C)NCC(=O)C(C)(C)NC(=O)CCc1cnc[nH]1. The van der Waals surface area contributed by atoms with Crippen molar-refractivity contribution in [1.82, 2.24) is 20.6 Å². The number of carbonyl (C=O) groups excluding carboxylic acids is 3. The number of ketones is 2. The number of hydrogen-bond donors (Lipinski definition) is 3. The Morgan fingerprint density at radius 2 is 1.83 bits per heavy atom. The second-order valence-electron chi connectivity index (χ2n) is 6.71. The molecule has 0 aliphatic rings. The van der Waals surface area contributed by atoms with E-state index in [1.165, 1.54) is 6.92 Å². The van der Waals surface area contributed by atoms with Crippen LogP contribution in [0, 0.1) is 0 Å². The van der Waals surface area contributed by atoms with Crippen LogP contribution in [0.15, 0.2) is 12.5 Å². The number of aryl methyl sites for hydroxylation is 1. The van der Waals surface area contributed by atoms with Gasteiger partial charge in [-0.3, -0.25) is 19.7 Å². The van der Waals surface area contributed by atoms with Crippen molar-refractivity contribution in [1.29, 1.82) is 0 Å². The number of aromatic nitrogens is 2. The Morgan fingerprint density at radius 1 is 1.17 bits per heavy atom. The van der Waals surface area contributed by atoms with Gasteiger partial charge in [0.05, 0.1) is 23.9 Å². The van der Waals surface area contributed by atoms with Crippen LogP contribution >= 0.6 is 0 Å². The number of hydrogen-bond acceptors (Lipinski definition) is 5. The molecule has 1 amide bonds. The van der Waals surface area contributed by atoms with E-state index in [-0.39, 0.29) is 30.4 Å². The molecule has 0 spiro atoms. The van der Waals surface area contributed by atoms with Gasteiger partial charge in [0.15, 0.2) is 5.78 Å². The van der Waals surface area contributed by atoms with Crippen molar-refractivity contribution in [3.8, 4) is 0 Å². The van der Waals surface area contributed by atoms with Crippen molar-refractivity contribution >= 4 is 17.5 Å². The monoisotopic (exact) mass is 322 g/mol. The molecule has 0 saturated carbocycles. The first kappa shape index (κ1) is 19.0. The average Bonchev–Trinajstić information content (AvgIpc) is 2.95. The fourth-order valence-electron chi connectivity index (χ4n) is 1.80. The van der Waals surface area contributed by atoms with E-state index in [4.69, 9.17) is 0 Å². The van der Waals surface area contributed by atoms with E-state index in [9.17, 15) is 14.4 Å². The Hall–Kier alpha value is -2.02. The van der Waals surface area contributed by atoms with Gasteiger partial charge in [-0.15, -0.1) is 0 Å². The van der Waals surface area contributed by atoms with Gasteiger partial charge in [-0.25, -0.2) is 4.98 Å². The maximum absolute atomic E-state index is 12.3. The van der Waals surface area contributed by atoms with Crippen molar-refractivity contribution in [2.24, 2.45) is 0 Å². The highest BCUT2D eigenvalue weighted by molar-refractivity contribution is 5.94. The second kappa shape index (κ2) is 7.50. The summed E-state index contributed by atoms with van der Waals surface area (Å²) in [7, 11) is 0. The molecule has 7 nitrogen and oxygen atoms in total. The van der Waals surface area contributed by atoms with E-state index in [0.717, 1.165) is 5.69 Å². The first-order chi connectivity index (χ1) is 10.5. The van der Waals surface area contributed by atoms with Crippen LogP contribution in [0.2, 0.25) is 0 Å². The van der Waals surface area contributed by atoms with Crippen LogP contribution in [-0.2, 0) is 20.8 Å². The molecular weight excluding hydrogens is 296 g/mol. The summed E-state index contributed by atoms with van der Waals surface area (Å²) in [5.74, 6) is -0.433. The Bertz CT molecular complexity index is 562. The van der Waals surface area contributed by atoms with E-state index < -0.39 is 11.1 Å². The molecule has 3 N–H and O–H groups in total. The topological polar surface area (TPSA) is 104 Å². The number of Topliss-reactive ketones (excluding diaryl/α,β-unsaturated/α-hetero) is 2. The molecule has 0 aliphatic heterocycles. The third-order valence-corrected chi connectivity index (χ3v) is 3.90. The number of imidazole rings is 1. The van der Waals surface area contributed by atoms with Gasteiger partial charge in [-0.1, -0.05) is 0 Å². The fraction of sp³-hybridized carbons (Fsp3) is 0.625. The van der Waals surface area contributed by atoms with Crippen LogP contribution in [0.25, 0.3) is 0 Å². The van der Waals surface area contributed by atoms with E-state index in [0.29, 0.717) is 6.42 Å². The lowest BCUT2D eigenvalue weighted by molar-refractivity contribution is -0.131. The molecule has 1 aromatic heterocycles. The lowest BCUT2D eigenvalue weighted by Crippen LogP contribution is -2.56. The largest absolute Gasteiger partial charge is 0.348 e. The molecular formula is C16H26N4O3. The normalized spacial score (nSPS) is 12.0. The zero-order chi connectivity index (χ0) is 17.7. The van der Waals surface area contributed by atoms with Crippen LogP contribution in [0.5, 0.6) is 0 Å². The summed E-state index contributed by atoms with van der Waals surface area (Å²) >= 11 is 0. The minimum absolute atomic E-state index is 0.0143. The van der Waals surface area contributed by atoms with Crippen molar-refractivity contribution in [3.63, 3.8) is 0 Å². The molecule has 0 aromatic carbocycles. The summed E-state index contributed by atoms with van der Waals surface area (Å²) in [4.78, 5) is 42.6. The molecule has 128 valence electrons. The molecule has 0 atom stereocenters. The molecule has 23 heavy (non-hydrogen) atoms. The van der Waals surface area contributed by atoms with Gasteiger partial charge in [0.25, 0.3) is 0 Å². The standard InChI is InChI=1S/C16H26N4O3/c1-11(21)15(2,3)19-9-13(22)16(4,5)20-14(23)7-6-12-8-17-10-18-12/h8,10,19H,6-7,9H2,1-5H3,(H,17,18)(H,20,23). The van der Waals surface area contributed by atoms with Gasteiger partial charge >= 0.3 is 0 Å². The lowest BCUT2D eigenvalue weighted by atomic mass is 9.95. The van der Waals surface area contributed by atoms with E-state index in [2.05, 4.69) is 20.6 Å². The quantitative estimate of drug-likeness (QED) is 0.623. The Labute approximate surface area is 136 Å². The zero-order valence-electron chi connectivity index (χ0n) is 14.4. The molecule has 0 bridgehead atoms. The molecule has 1 aromatic rings. The van der Waals surface area contributed by atoms with Gasteiger partial charge in [-0.2, -0.15) is 0 Å². The third kappa shape index (κ3) is 5.94. The summed E-state index contributed by atoms with van der Waals surface area (Å²) in [6.45, 7) is 8.25. The first-order valence-corrected chi connectivity index (χ1v) is 7.62. The summed E-state index contributed by atoms with van der Waals surface area (Å²) in [6.07, 6.45) is 4.03. The minimum Gasteiger partial charge on any atom is -0.348 e. The van der Waals surface area contributed by atoms with Gasteiger partial charge in [-0.05, 0) is 41.0 Å². The highest BCUT2D eigenvalue weighted by atomic mass is 16.2. The number of aromatic amines is 1. The van der Waals surface area contributed by atoms with E-state index in [1.807, 2.05) is 0 Å². The zero-order valence-corrected chi connectivity index (χ0v) is 14.4. The number of rotatable bonds is 9. The number of amides is 1. The summed E-state index contributed by atoms with van der Waals surface area (Å²) in [5, 5.41) is 5.66. The number of carbonyl (C=O) groups is 3. The maximum atomic E-state index is 12.3. The number of nitrogens with zero attached hydrogens (tertiary/aromatic N) is 1. The van der Waals surface area contributed by atoms with Crippen molar-refractivity contribution in [3.05, 3.63) is 18.2 Å². The van der Waals surface area contributed by atoms with Crippen molar-refractivity contribution in [2.75, 3.05) is 6.54 Å². The van der Waals surface area contributed by atoms with Gasteiger partial charge in [0.2, 0.25) is 5.91 Å². The van der Waals surface area contributed by atoms with Crippen LogP contribution in [0.4, 0.5) is 0 Å². The Kier molecular flexibility index (Phi) is 6.20. The molecule has 1 heterocycles. The average molecular weight is 322 g/mol. The summed E-state index contributed by atoms with van der Waals surface area (Å²) < 4.78 is 0. The Morgan fingerprint density at radius 3 is 2.35 bits per heavy atom. The predicted octanol–water partition coefficient (Wildman–Crippen LogP) is 0.763. The third-order valence-electron chi connectivity index (χ3n) is 3.90. The van der Waals surface area contributed by atoms with Crippen molar-refractivity contribution < 1.29 is 14.4 Å². The molecule has 0 radical (unpaired) electrons. The number of nitrogens with one attached hydrogen (secondary N) is 3. The molecule has 0 aliphatic carbocycles. The minimum atomic E-state index is -0.995. The van der Waals surface area contributed by atoms with Crippen LogP contribution < -0.4 is 10.6 Å². The Balaban J connectivity index is 2.48. The molecule has 0 saturated heterocycles. The lowest BCUT2D eigenvalue weighted by Gasteiger charge is -2.28. The summed E-state index contributed by atoms with van der Waals surface area (Å²) in [6, 6.07) is 0. The number of H-pyrrole nitrogens is 1. The van der Waals surface area contributed by atoms with E-state index in [1.54, 1.807) is 40.2 Å². The van der Waals surface area contributed by atoms with E-state index >= 15 is 0 Å². The second-order valence-corrected chi connectivity index (χ2v) is 6.71. The highest BCUT2D eigenvalue weighted by Crippen LogP contribution is 2.08. The van der Waals surface area contributed by atoms with Gasteiger partial charge < -0.3 is 10.3 Å². The van der Waals surface area contributed by atoms with Crippen LogP contribution in [0.1, 0.15) is 46.7 Å². The molecule has 0 fully saturated rings. The van der Waals surface area contributed by atoms with Gasteiger partial charge in [0.1, 0.15) is 5.78 Å². The molecule has 0 unspecified atom stereocenters. The maximum Gasteiger partial charge on any atom is 0.221 e. The first-order valence-electron chi connectivity index (χ1n) is 7.62.